The molecule has 0 bridgehead atoms. The van der Waals surface area contributed by atoms with E-state index in [2.05, 4.69) is 5.32 Å². The van der Waals surface area contributed by atoms with Gasteiger partial charge >= 0.3 is 0 Å². The highest BCUT2D eigenvalue weighted by atomic mass is 19.1. The summed E-state index contributed by atoms with van der Waals surface area (Å²) in [6, 6.07) is 6.50. The van der Waals surface area contributed by atoms with Crippen LogP contribution in [0, 0.1) is 0 Å². The van der Waals surface area contributed by atoms with E-state index in [1.807, 2.05) is 0 Å². The number of alkyl halides is 1. The molecule has 4 nitrogen and oxygen atoms in total. The van der Waals surface area contributed by atoms with Crippen molar-refractivity contribution in [2.75, 3.05) is 18.6 Å². The molecule has 0 aliphatic carbocycles. The van der Waals surface area contributed by atoms with Crippen LogP contribution in [-0.4, -0.2) is 25.2 Å². The Hall–Kier alpha value is -1.78. The molecule has 0 heterocycles. The molecule has 0 radical (unpaired) electrons. The molecule has 0 aliphatic heterocycles. The van der Waals surface area contributed by atoms with Crippen LogP contribution >= 0.6 is 0 Å². The molecule has 1 rings (SSSR count). The zero-order valence-corrected chi connectivity index (χ0v) is 9.07. The summed E-state index contributed by atoms with van der Waals surface area (Å²) in [6.07, 6.45) is 0. The number of halogens is 1. The summed E-state index contributed by atoms with van der Waals surface area (Å²) in [5.41, 5.74) is 5.76. The zero-order valence-electron chi connectivity index (χ0n) is 9.07. The summed E-state index contributed by atoms with van der Waals surface area (Å²) in [5, 5.41) is 2.90. The van der Waals surface area contributed by atoms with Crippen molar-refractivity contribution in [2.45, 2.75) is 13.0 Å². The average molecular weight is 226 g/mol. The molecule has 0 aliphatic rings. The minimum absolute atomic E-state index is 0.0103. The van der Waals surface area contributed by atoms with E-state index in [9.17, 15) is 9.18 Å². The lowest BCUT2D eigenvalue weighted by Crippen LogP contribution is -2.32. The molecule has 1 aromatic carbocycles. The molecule has 16 heavy (non-hydrogen) atoms. The van der Waals surface area contributed by atoms with E-state index < -0.39 is 18.6 Å². The molecule has 1 amide bonds. The quantitative estimate of drug-likeness (QED) is 0.769. The van der Waals surface area contributed by atoms with Crippen molar-refractivity contribution in [3.8, 4) is 5.75 Å². The maximum atomic E-state index is 12.0. The van der Waals surface area contributed by atoms with Gasteiger partial charge in [-0.25, -0.2) is 4.39 Å². The number of primary amides is 1. The SMILES string of the molecule is CC(Nc1ccccc1OCCF)C(N)=O. The van der Waals surface area contributed by atoms with E-state index in [0.29, 0.717) is 11.4 Å². The normalized spacial score (nSPS) is 11.9. The highest BCUT2D eigenvalue weighted by molar-refractivity contribution is 5.83. The minimum atomic E-state index is -0.556. The maximum absolute atomic E-state index is 12.0. The third-order valence-electron chi connectivity index (χ3n) is 2.02. The minimum Gasteiger partial charge on any atom is -0.489 e. The van der Waals surface area contributed by atoms with Crippen molar-refractivity contribution in [1.82, 2.24) is 0 Å². The maximum Gasteiger partial charge on any atom is 0.239 e. The lowest BCUT2D eigenvalue weighted by Gasteiger charge is -2.15. The van der Waals surface area contributed by atoms with Gasteiger partial charge in [-0.15, -0.1) is 0 Å². The van der Waals surface area contributed by atoms with Crippen molar-refractivity contribution in [2.24, 2.45) is 5.73 Å². The number of para-hydroxylation sites is 2. The van der Waals surface area contributed by atoms with Crippen LogP contribution in [0.2, 0.25) is 0 Å². The summed E-state index contributed by atoms with van der Waals surface area (Å²) in [7, 11) is 0. The smallest absolute Gasteiger partial charge is 0.239 e. The Morgan fingerprint density at radius 3 is 2.88 bits per heavy atom. The summed E-state index contributed by atoms with van der Waals surface area (Å²) in [4.78, 5) is 10.9. The number of anilines is 1. The van der Waals surface area contributed by atoms with Crippen LogP contribution in [0.4, 0.5) is 10.1 Å². The number of carbonyl (C=O) groups is 1. The number of nitrogens with one attached hydrogen (secondary N) is 1. The second-order valence-corrected chi connectivity index (χ2v) is 3.30. The van der Waals surface area contributed by atoms with Gasteiger partial charge in [-0.2, -0.15) is 0 Å². The van der Waals surface area contributed by atoms with E-state index >= 15 is 0 Å². The van der Waals surface area contributed by atoms with Gasteiger partial charge in [-0.3, -0.25) is 4.79 Å². The van der Waals surface area contributed by atoms with Crippen molar-refractivity contribution in [3.63, 3.8) is 0 Å². The van der Waals surface area contributed by atoms with Crippen LogP contribution in [0.25, 0.3) is 0 Å². The molecule has 0 aromatic heterocycles. The van der Waals surface area contributed by atoms with E-state index in [0.717, 1.165) is 0 Å². The second-order valence-electron chi connectivity index (χ2n) is 3.30. The van der Waals surface area contributed by atoms with Crippen LogP contribution in [0.5, 0.6) is 5.75 Å². The standard InChI is InChI=1S/C11H15FN2O2/c1-8(11(13)15)14-9-4-2-3-5-10(9)16-7-6-12/h2-5,8,14H,6-7H2,1H3,(H2,13,15). The monoisotopic (exact) mass is 226 g/mol. The number of rotatable bonds is 6. The van der Waals surface area contributed by atoms with Gasteiger partial charge in [0.15, 0.2) is 0 Å². The van der Waals surface area contributed by atoms with Crippen LogP contribution in [-0.2, 0) is 4.79 Å². The predicted molar refractivity (Wildman–Crippen MR) is 60.2 cm³/mol. The van der Waals surface area contributed by atoms with E-state index in [1.54, 1.807) is 31.2 Å². The van der Waals surface area contributed by atoms with Crippen LogP contribution < -0.4 is 15.8 Å². The van der Waals surface area contributed by atoms with Gasteiger partial charge in [0.2, 0.25) is 5.91 Å². The van der Waals surface area contributed by atoms with Gasteiger partial charge in [0.25, 0.3) is 0 Å². The number of nitrogens with two attached hydrogens (primary N) is 1. The van der Waals surface area contributed by atoms with Crippen molar-refractivity contribution in [1.29, 1.82) is 0 Å². The Labute approximate surface area is 93.6 Å². The lowest BCUT2D eigenvalue weighted by molar-refractivity contribution is -0.118. The molecule has 5 heteroatoms. The van der Waals surface area contributed by atoms with Crippen LogP contribution in [0.15, 0.2) is 24.3 Å². The molecule has 0 spiro atoms. The second kappa shape index (κ2) is 5.95. The molecule has 1 atom stereocenters. The van der Waals surface area contributed by atoms with Crippen molar-refractivity contribution in [3.05, 3.63) is 24.3 Å². The molecule has 1 unspecified atom stereocenters. The first kappa shape index (κ1) is 12.3. The average Bonchev–Trinajstić information content (AvgIpc) is 2.27. The number of hydrogen-bond donors (Lipinski definition) is 2. The Morgan fingerprint density at radius 1 is 1.56 bits per heavy atom. The van der Waals surface area contributed by atoms with Crippen LogP contribution in [0.3, 0.4) is 0 Å². The van der Waals surface area contributed by atoms with Crippen molar-refractivity contribution >= 4 is 11.6 Å². The molecule has 88 valence electrons. The van der Waals surface area contributed by atoms with Gasteiger partial charge in [0.05, 0.1) is 5.69 Å². The van der Waals surface area contributed by atoms with Gasteiger partial charge < -0.3 is 15.8 Å². The Kier molecular flexibility index (Phi) is 4.57. The topological polar surface area (TPSA) is 64.3 Å². The van der Waals surface area contributed by atoms with Gasteiger partial charge in [0, 0.05) is 0 Å². The van der Waals surface area contributed by atoms with Crippen molar-refractivity contribution < 1.29 is 13.9 Å². The molecule has 0 saturated heterocycles. The molecule has 0 saturated carbocycles. The summed E-state index contributed by atoms with van der Waals surface area (Å²) in [6.45, 7) is 1.08. The highest BCUT2D eigenvalue weighted by Gasteiger charge is 2.10. The molecular formula is C11H15FN2O2. The molecule has 0 fully saturated rings. The Balaban J connectivity index is 2.74. The Morgan fingerprint density at radius 2 is 2.25 bits per heavy atom. The molecule has 3 N–H and O–H groups in total. The highest BCUT2D eigenvalue weighted by Crippen LogP contribution is 2.24. The number of amides is 1. The number of carbonyl (C=O) groups excluding carboxylic acids is 1. The van der Waals surface area contributed by atoms with E-state index in [-0.39, 0.29) is 6.61 Å². The third-order valence-corrected chi connectivity index (χ3v) is 2.02. The van der Waals surface area contributed by atoms with Gasteiger partial charge in [0.1, 0.15) is 25.1 Å². The fourth-order valence-electron chi connectivity index (χ4n) is 1.16. The number of ether oxygens (including phenoxy) is 1. The van der Waals surface area contributed by atoms with E-state index in [4.69, 9.17) is 10.5 Å². The number of benzene rings is 1. The zero-order chi connectivity index (χ0) is 12.0. The summed E-state index contributed by atoms with van der Waals surface area (Å²) < 4.78 is 17.2. The van der Waals surface area contributed by atoms with Gasteiger partial charge in [-0.1, -0.05) is 12.1 Å². The lowest BCUT2D eigenvalue weighted by atomic mass is 10.2. The third kappa shape index (κ3) is 3.42. The fourth-order valence-corrected chi connectivity index (χ4v) is 1.16. The summed E-state index contributed by atoms with van der Waals surface area (Å²) in [5.74, 6) is 0.0496. The predicted octanol–water partition coefficient (Wildman–Crippen LogP) is 1.32. The molecule has 1 aromatic rings. The fraction of sp³-hybridized carbons (Fsp3) is 0.364. The van der Waals surface area contributed by atoms with Gasteiger partial charge in [-0.05, 0) is 19.1 Å². The van der Waals surface area contributed by atoms with Crippen LogP contribution in [0.1, 0.15) is 6.92 Å². The Bertz CT molecular complexity index is 358. The largest absolute Gasteiger partial charge is 0.489 e. The first-order valence-corrected chi connectivity index (χ1v) is 4.98. The molecular weight excluding hydrogens is 211 g/mol. The summed E-state index contributed by atoms with van der Waals surface area (Å²) >= 11 is 0. The number of hydrogen-bond acceptors (Lipinski definition) is 3. The first-order valence-electron chi connectivity index (χ1n) is 4.98. The first-order chi connectivity index (χ1) is 7.65. The van der Waals surface area contributed by atoms with E-state index in [1.165, 1.54) is 0 Å².